The molecule has 0 aromatic rings. The standard InChI is InChI=1S/C11H22N2O/c1-5-12(6-2)11(14)10-7-8-13(10)9(3)4/h9-10H,5-8H2,1-4H3/t10-/m0/s1. The van der Waals surface area contributed by atoms with E-state index >= 15 is 0 Å². The Morgan fingerprint density at radius 1 is 1.43 bits per heavy atom. The molecule has 1 aliphatic rings. The largest absolute Gasteiger partial charge is 0.342 e. The van der Waals surface area contributed by atoms with Gasteiger partial charge in [0.05, 0.1) is 6.04 Å². The fraction of sp³-hybridized carbons (Fsp3) is 0.909. The van der Waals surface area contributed by atoms with Gasteiger partial charge in [0.25, 0.3) is 0 Å². The highest BCUT2D eigenvalue weighted by Gasteiger charge is 2.37. The van der Waals surface area contributed by atoms with Crippen molar-refractivity contribution < 1.29 is 4.79 Å². The molecule has 1 aliphatic heterocycles. The number of rotatable bonds is 4. The maximum absolute atomic E-state index is 12.0. The molecular weight excluding hydrogens is 176 g/mol. The van der Waals surface area contributed by atoms with Crippen molar-refractivity contribution in [2.24, 2.45) is 0 Å². The van der Waals surface area contributed by atoms with Gasteiger partial charge < -0.3 is 4.90 Å². The Kier molecular flexibility index (Phi) is 3.93. The second kappa shape index (κ2) is 4.78. The lowest BCUT2D eigenvalue weighted by Crippen LogP contribution is -2.59. The van der Waals surface area contributed by atoms with Crippen LogP contribution in [0.3, 0.4) is 0 Å². The molecule has 1 rings (SSSR count). The average Bonchev–Trinajstić information content (AvgIpc) is 2.02. The Hall–Kier alpha value is -0.570. The van der Waals surface area contributed by atoms with Gasteiger partial charge in [-0.05, 0) is 34.1 Å². The lowest BCUT2D eigenvalue weighted by molar-refractivity contribution is -0.142. The van der Waals surface area contributed by atoms with Crippen molar-refractivity contribution in [1.82, 2.24) is 9.80 Å². The zero-order valence-corrected chi connectivity index (χ0v) is 9.79. The van der Waals surface area contributed by atoms with Gasteiger partial charge in [0.1, 0.15) is 0 Å². The molecule has 1 amide bonds. The quantitative estimate of drug-likeness (QED) is 0.680. The van der Waals surface area contributed by atoms with E-state index in [4.69, 9.17) is 0 Å². The van der Waals surface area contributed by atoms with Gasteiger partial charge in [-0.15, -0.1) is 0 Å². The van der Waals surface area contributed by atoms with E-state index in [0.29, 0.717) is 11.9 Å². The molecule has 14 heavy (non-hydrogen) atoms. The van der Waals surface area contributed by atoms with Crippen LogP contribution in [0.15, 0.2) is 0 Å². The van der Waals surface area contributed by atoms with E-state index in [1.165, 1.54) is 0 Å². The number of hydrogen-bond donors (Lipinski definition) is 0. The Labute approximate surface area is 87.1 Å². The van der Waals surface area contributed by atoms with Crippen LogP contribution in [-0.2, 0) is 4.79 Å². The molecule has 1 atom stereocenters. The highest BCUT2D eigenvalue weighted by molar-refractivity contribution is 5.82. The summed E-state index contributed by atoms with van der Waals surface area (Å²) in [5.74, 6) is 0.315. The third kappa shape index (κ3) is 2.08. The smallest absolute Gasteiger partial charge is 0.239 e. The Bertz CT molecular complexity index is 199. The minimum Gasteiger partial charge on any atom is -0.342 e. The van der Waals surface area contributed by atoms with Crippen LogP contribution < -0.4 is 0 Å². The lowest BCUT2D eigenvalue weighted by Gasteiger charge is -2.44. The summed E-state index contributed by atoms with van der Waals surface area (Å²) in [7, 11) is 0. The summed E-state index contributed by atoms with van der Waals surface area (Å²) in [5, 5.41) is 0. The average molecular weight is 198 g/mol. The molecule has 0 saturated carbocycles. The van der Waals surface area contributed by atoms with Gasteiger partial charge in [-0.3, -0.25) is 9.69 Å². The zero-order chi connectivity index (χ0) is 10.7. The van der Waals surface area contributed by atoms with Crippen LogP contribution in [0.25, 0.3) is 0 Å². The van der Waals surface area contributed by atoms with Crippen LogP contribution in [0.2, 0.25) is 0 Å². The first kappa shape index (κ1) is 11.5. The van der Waals surface area contributed by atoms with Crippen LogP contribution in [0, 0.1) is 0 Å². The number of amides is 1. The second-order valence-corrected chi connectivity index (χ2v) is 4.15. The SMILES string of the molecule is CCN(CC)C(=O)[C@@H]1CCN1C(C)C. The van der Waals surface area contributed by atoms with Crippen LogP contribution in [-0.4, -0.2) is 47.4 Å². The Morgan fingerprint density at radius 3 is 2.29 bits per heavy atom. The minimum absolute atomic E-state index is 0.162. The summed E-state index contributed by atoms with van der Waals surface area (Å²) < 4.78 is 0. The fourth-order valence-corrected chi connectivity index (χ4v) is 2.04. The zero-order valence-electron chi connectivity index (χ0n) is 9.79. The Balaban J connectivity index is 2.52. The molecule has 1 heterocycles. The summed E-state index contributed by atoms with van der Waals surface area (Å²) >= 11 is 0. The molecule has 1 saturated heterocycles. The molecule has 0 aromatic carbocycles. The molecule has 0 aromatic heterocycles. The van der Waals surface area contributed by atoms with Gasteiger partial charge in [-0.1, -0.05) is 0 Å². The molecule has 0 radical (unpaired) electrons. The summed E-state index contributed by atoms with van der Waals surface area (Å²) in [4.78, 5) is 16.2. The molecule has 1 fully saturated rings. The summed E-state index contributed by atoms with van der Waals surface area (Å²) in [6.45, 7) is 11.1. The number of carbonyl (C=O) groups is 1. The number of carbonyl (C=O) groups excluding carboxylic acids is 1. The maximum Gasteiger partial charge on any atom is 0.239 e. The maximum atomic E-state index is 12.0. The highest BCUT2D eigenvalue weighted by atomic mass is 16.2. The topological polar surface area (TPSA) is 23.6 Å². The van der Waals surface area contributed by atoms with Crippen LogP contribution >= 0.6 is 0 Å². The molecule has 0 aliphatic carbocycles. The second-order valence-electron chi connectivity index (χ2n) is 4.15. The van der Waals surface area contributed by atoms with Gasteiger partial charge >= 0.3 is 0 Å². The van der Waals surface area contributed by atoms with Gasteiger partial charge in [0.2, 0.25) is 5.91 Å². The molecule has 3 heteroatoms. The van der Waals surface area contributed by atoms with E-state index < -0.39 is 0 Å². The van der Waals surface area contributed by atoms with Crippen molar-refractivity contribution in [2.45, 2.75) is 46.2 Å². The minimum atomic E-state index is 0.162. The monoisotopic (exact) mass is 198 g/mol. The highest BCUT2D eigenvalue weighted by Crippen LogP contribution is 2.22. The number of likely N-dealkylation sites (N-methyl/N-ethyl adjacent to an activating group) is 1. The van der Waals surface area contributed by atoms with Crippen molar-refractivity contribution in [1.29, 1.82) is 0 Å². The fourth-order valence-electron chi connectivity index (χ4n) is 2.04. The molecule has 0 N–H and O–H groups in total. The van der Waals surface area contributed by atoms with Crippen molar-refractivity contribution >= 4 is 5.91 Å². The summed E-state index contributed by atoms with van der Waals surface area (Å²) in [6.07, 6.45) is 1.04. The number of nitrogens with zero attached hydrogens (tertiary/aromatic N) is 2. The first-order valence-corrected chi connectivity index (χ1v) is 5.66. The van der Waals surface area contributed by atoms with Crippen molar-refractivity contribution in [3.05, 3.63) is 0 Å². The van der Waals surface area contributed by atoms with Crippen molar-refractivity contribution in [2.75, 3.05) is 19.6 Å². The van der Waals surface area contributed by atoms with E-state index in [1.54, 1.807) is 0 Å². The molecular formula is C11H22N2O. The van der Waals surface area contributed by atoms with E-state index in [2.05, 4.69) is 18.7 Å². The van der Waals surface area contributed by atoms with Gasteiger partial charge in [-0.25, -0.2) is 0 Å². The number of hydrogen-bond acceptors (Lipinski definition) is 2. The van der Waals surface area contributed by atoms with Crippen molar-refractivity contribution in [3.63, 3.8) is 0 Å². The number of likely N-dealkylation sites (tertiary alicyclic amines) is 1. The molecule has 0 unspecified atom stereocenters. The van der Waals surface area contributed by atoms with Crippen molar-refractivity contribution in [3.8, 4) is 0 Å². The predicted octanol–water partition coefficient (Wildman–Crippen LogP) is 1.34. The van der Waals surface area contributed by atoms with E-state index in [0.717, 1.165) is 26.1 Å². The van der Waals surface area contributed by atoms with E-state index in [1.807, 2.05) is 18.7 Å². The van der Waals surface area contributed by atoms with Crippen LogP contribution in [0.4, 0.5) is 0 Å². The van der Waals surface area contributed by atoms with E-state index in [-0.39, 0.29) is 6.04 Å². The third-order valence-corrected chi connectivity index (χ3v) is 3.08. The van der Waals surface area contributed by atoms with E-state index in [9.17, 15) is 4.79 Å². The predicted molar refractivity (Wildman–Crippen MR) is 58.2 cm³/mol. The van der Waals surface area contributed by atoms with Crippen LogP contribution in [0.1, 0.15) is 34.1 Å². The third-order valence-electron chi connectivity index (χ3n) is 3.08. The Morgan fingerprint density at radius 2 is 2.00 bits per heavy atom. The van der Waals surface area contributed by atoms with Gasteiger partial charge in [-0.2, -0.15) is 0 Å². The lowest BCUT2D eigenvalue weighted by atomic mass is 9.99. The normalized spacial score (nSPS) is 22.2. The van der Waals surface area contributed by atoms with Gasteiger partial charge in [0, 0.05) is 25.7 Å². The van der Waals surface area contributed by atoms with Crippen LogP contribution in [0.5, 0.6) is 0 Å². The molecule has 0 bridgehead atoms. The molecule has 82 valence electrons. The first-order valence-electron chi connectivity index (χ1n) is 5.66. The molecule has 3 nitrogen and oxygen atoms in total. The summed E-state index contributed by atoms with van der Waals surface area (Å²) in [6, 6.07) is 0.656. The molecule has 0 spiro atoms. The first-order chi connectivity index (χ1) is 6.61. The van der Waals surface area contributed by atoms with Gasteiger partial charge in [0.15, 0.2) is 0 Å². The summed E-state index contributed by atoms with van der Waals surface area (Å²) in [5.41, 5.74) is 0.